The van der Waals surface area contributed by atoms with Crippen molar-refractivity contribution in [2.45, 2.75) is 18.5 Å². The molecule has 5 aromatic carbocycles. The fourth-order valence-corrected chi connectivity index (χ4v) is 7.37. The third-order valence-corrected chi connectivity index (χ3v) is 9.31. The van der Waals surface area contributed by atoms with Crippen molar-refractivity contribution in [3.63, 3.8) is 0 Å². The molecule has 0 radical (unpaired) electrons. The zero-order valence-corrected chi connectivity index (χ0v) is 26.2. The van der Waals surface area contributed by atoms with Crippen LogP contribution in [0.25, 0.3) is 0 Å². The number of aryl methyl sites for hydroxylation is 1. The largest absolute Gasteiger partial charge is 0.466 e. The molecule has 2 heterocycles. The van der Waals surface area contributed by atoms with Gasteiger partial charge in [0.1, 0.15) is 10.6 Å². The van der Waals surface area contributed by atoms with Gasteiger partial charge in [0.15, 0.2) is 5.84 Å². The number of rotatable bonds is 8. The van der Waals surface area contributed by atoms with Crippen LogP contribution in [0.1, 0.15) is 17.5 Å². The van der Waals surface area contributed by atoms with Gasteiger partial charge < -0.3 is 4.74 Å². The monoisotopic (exact) mass is 620 g/mol. The summed E-state index contributed by atoms with van der Waals surface area (Å²) in [5.41, 5.74) is 3.80. The van der Waals surface area contributed by atoms with Crippen LogP contribution in [0.2, 0.25) is 0 Å². The molecule has 0 N–H and O–H groups in total. The number of nitrogens with zero attached hydrogens (tertiary/aromatic N) is 4. The third-order valence-electron chi connectivity index (χ3n) is 8.09. The number of aliphatic imine (C=N–C) groups is 1. The molecular weight excluding hydrogens is 589 g/mol. The molecule has 46 heavy (non-hydrogen) atoms. The van der Waals surface area contributed by atoms with E-state index in [0.29, 0.717) is 22.9 Å². The number of hydrogen-bond acceptors (Lipinski definition) is 7. The molecular formula is C39H32N4O2S. The van der Waals surface area contributed by atoms with E-state index in [1.165, 1.54) is 24.4 Å². The molecule has 0 saturated heterocycles. The number of thioether (sulfide) groups is 1. The lowest BCUT2D eigenvalue weighted by Gasteiger charge is -2.42. The highest BCUT2D eigenvalue weighted by Crippen LogP contribution is 2.54. The molecule has 0 amide bonds. The van der Waals surface area contributed by atoms with Crippen molar-refractivity contribution in [1.29, 1.82) is 0 Å². The van der Waals surface area contributed by atoms with E-state index in [0.717, 1.165) is 34.0 Å². The first-order chi connectivity index (χ1) is 22.7. The average molecular weight is 621 g/mol. The lowest BCUT2D eigenvalue weighted by molar-refractivity contribution is -0.136. The maximum atomic E-state index is 14.3. The summed E-state index contributed by atoms with van der Waals surface area (Å²) >= 11 is 1.54. The van der Waals surface area contributed by atoms with Crippen molar-refractivity contribution in [1.82, 2.24) is 0 Å². The number of allylic oxidation sites excluding steroid dienone is 1. The second-order valence-corrected chi connectivity index (χ2v) is 12.0. The van der Waals surface area contributed by atoms with Gasteiger partial charge in [0.05, 0.1) is 18.5 Å². The smallest absolute Gasteiger partial charge is 0.339 e. The first kappa shape index (κ1) is 29.3. The fourth-order valence-electron chi connectivity index (χ4n) is 6.04. The van der Waals surface area contributed by atoms with Crippen LogP contribution in [0.4, 0.5) is 17.1 Å². The number of ether oxygens (including phenoxy) is 1. The average Bonchev–Trinajstić information content (AvgIpc) is 3.64. The molecule has 0 saturated carbocycles. The summed E-state index contributed by atoms with van der Waals surface area (Å²) in [6.45, 7) is 0. The Kier molecular flexibility index (Phi) is 8.23. The summed E-state index contributed by atoms with van der Waals surface area (Å²) in [5.74, 6) is 0.280. The predicted molar refractivity (Wildman–Crippen MR) is 188 cm³/mol. The van der Waals surface area contributed by atoms with E-state index in [1.54, 1.807) is 0 Å². The van der Waals surface area contributed by atoms with E-state index < -0.39 is 11.6 Å². The Morgan fingerprint density at radius 1 is 0.717 bits per heavy atom. The third kappa shape index (κ3) is 5.29. The van der Waals surface area contributed by atoms with Gasteiger partial charge in [-0.15, -0.1) is 0 Å². The van der Waals surface area contributed by atoms with Crippen molar-refractivity contribution in [2.75, 3.05) is 17.0 Å². The van der Waals surface area contributed by atoms with Gasteiger partial charge >= 0.3 is 5.97 Å². The van der Waals surface area contributed by atoms with Crippen LogP contribution in [0.15, 0.2) is 172 Å². The Morgan fingerprint density at radius 2 is 1.26 bits per heavy atom. The van der Waals surface area contributed by atoms with E-state index in [-0.39, 0.29) is 0 Å². The first-order valence-electron chi connectivity index (χ1n) is 15.2. The predicted octanol–water partition coefficient (Wildman–Crippen LogP) is 8.61. The quantitative estimate of drug-likeness (QED) is 0.163. The lowest BCUT2D eigenvalue weighted by atomic mass is 9.93. The number of hydrazone groups is 1. The molecule has 0 bridgehead atoms. The topological polar surface area (TPSA) is 57.5 Å². The van der Waals surface area contributed by atoms with Gasteiger partial charge in [0.2, 0.25) is 5.66 Å². The Balaban J connectivity index is 1.55. The number of para-hydroxylation sites is 3. The van der Waals surface area contributed by atoms with Crippen molar-refractivity contribution in [3.8, 4) is 0 Å². The Hall–Kier alpha value is -5.40. The maximum absolute atomic E-state index is 14.3. The van der Waals surface area contributed by atoms with Crippen LogP contribution in [0, 0.1) is 0 Å². The minimum Gasteiger partial charge on any atom is -0.466 e. The Bertz CT molecular complexity index is 1910. The molecule has 1 atom stereocenters. The number of hydrogen-bond donors (Lipinski definition) is 0. The van der Waals surface area contributed by atoms with Gasteiger partial charge in [-0.2, -0.15) is 5.10 Å². The number of anilines is 2. The highest BCUT2D eigenvalue weighted by atomic mass is 32.2. The van der Waals surface area contributed by atoms with E-state index in [4.69, 9.17) is 14.8 Å². The zero-order chi connectivity index (χ0) is 31.3. The van der Waals surface area contributed by atoms with Crippen molar-refractivity contribution < 1.29 is 9.53 Å². The molecule has 2 aliphatic heterocycles. The standard InChI is InChI=1S/C39H32N4O2S/c1-45-37(44)35-34(28-27-29-17-7-2-8-18-29)46-38(40-31-21-11-4-12-22-31)39(35)42(32-23-13-5-14-24-32)36(30-19-9-3-10-20-30)41-43(39)33-25-15-6-16-26-33/h2-26H,27-28H2,1H3. The Labute approximate surface area is 273 Å². The molecule has 0 aliphatic carbocycles. The van der Waals surface area contributed by atoms with E-state index in [2.05, 4.69) is 29.2 Å². The summed E-state index contributed by atoms with van der Waals surface area (Å²) in [6, 6.07) is 50.4. The van der Waals surface area contributed by atoms with Crippen LogP contribution >= 0.6 is 11.8 Å². The number of carbonyl (C=O) groups excluding carboxylic acids is 1. The van der Waals surface area contributed by atoms with Crippen LogP contribution in [0.5, 0.6) is 0 Å². The number of benzene rings is 5. The minimum absolute atomic E-state index is 0.416. The van der Waals surface area contributed by atoms with Gasteiger partial charge in [-0.3, -0.25) is 4.90 Å². The Morgan fingerprint density at radius 3 is 1.87 bits per heavy atom. The first-order valence-corrected chi connectivity index (χ1v) is 16.0. The van der Waals surface area contributed by atoms with Gasteiger partial charge in [-0.1, -0.05) is 127 Å². The van der Waals surface area contributed by atoms with E-state index in [1.807, 2.05) is 132 Å². The highest BCUT2D eigenvalue weighted by molar-refractivity contribution is 8.18. The number of esters is 1. The minimum atomic E-state index is -1.28. The fraction of sp³-hybridized carbons (Fsp3) is 0.103. The van der Waals surface area contributed by atoms with Crippen LogP contribution in [-0.4, -0.2) is 29.6 Å². The molecule has 7 heteroatoms. The molecule has 6 nitrogen and oxygen atoms in total. The van der Waals surface area contributed by atoms with Crippen molar-refractivity contribution >= 4 is 45.7 Å². The summed E-state index contributed by atoms with van der Waals surface area (Å²) in [5, 5.41) is 8.04. The number of methoxy groups -OCH3 is 1. The van der Waals surface area contributed by atoms with Crippen LogP contribution in [-0.2, 0) is 16.0 Å². The van der Waals surface area contributed by atoms with Crippen molar-refractivity contribution in [2.24, 2.45) is 10.1 Å². The van der Waals surface area contributed by atoms with Gasteiger partial charge in [-0.25, -0.2) is 14.8 Å². The number of amidine groups is 1. The molecule has 0 aromatic heterocycles. The summed E-state index contributed by atoms with van der Waals surface area (Å²) in [6.07, 6.45) is 1.38. The van der Waals surface area contributed by atoms with Crippen molar-refractivity contribution in [3.05, 3.63) is 173 Å². The van der Waals surface area contributed by atoms with Gasteiger partial charge in [0.25, 0.3) is 0 Å². The normalized spacial score (nSPS) is 18.4. The van der Waals surface area contributed by atoms with Gasteiger partial charge in [-0.05, 0) is 54.8 Å². The second kappa shape index (κ2) is 12.9. The summed E-state index contributed by atoms with van der Waals surface area (Å²) < 4.78 is 5.64. The number of carbonyl (C=O) groups is 1. The molecule has 226 valence electrons. The maximum Gasteiger partial charge on any atom is 0.339 e. The molecule has 2 aliphatic rings. The van der Waals surface area contributed by atoms with E-state index >= 15 is 0 Å². The molecule has 7 rings (SSSR count). The zero-order valence-electron chi connectivity index (χ0n) is 25.4. The van der Waals surface area contributed by atoms with Crippen LogP contribution in [0.3, 0.4) is 0 Å². The molecule has 0 fully saturated rings. The highest BCUT2D eigenvalue weighted by Gasteiger charge is 2.63. The van der Waals surface area contributed by atoms with Gasteiger partial charge in [0, 0.05) is 16.2 Å². The summed E-state index contributed by atoms with van der Waals surface area (Å²) in [7, 11) is 1.45. The molecule has 1 unspecified atom stereocenters. The SMILES string of the molecule is COC(=O)C1=C(CCc2ccccc2)SC(=Nc2ccccc2)C12N(c1ccccc1)N=C(c1ccccc1)N2c1ccccc1. The molecule has 5 aromatic rings. The lowest BCUT2D eigenvalue weighted by Crippen LogP contribution is -2.62. The van der Waals surface area contributed by atoms with E-state index in [9.17, 15) is 4.79 Å². The second-order valence-electron chi connectivity index (χ2n) is 10.9. The molecule has 1 spiro atoms. The summed E-state index contributed by atoms with van der Waals surface area (Å²) in [4.78, 5) is 22.7. The van der Waals surface area contributed by atoms with Crippen LogP contribution < -0.4 is 9.91 Å².